The van der Waals surface area contributed by atoms with Crippen LogP contribution in [0.1, 0.15) is 0 Å². The molecule has 242 valence electrons. The Morgan fingerprint density at radius 1 is 0.404 bits per heavy atom. The molecule has 3 heterocycles. The van der Waals surface area contributed by atoms with Crippen LogP contribution in [0.3, 0.4) is 0 Å². The monoisotopic (exact) mass is 664 g/mol. The molecule has 0 spiro atoms. The normalized spacial score (nSPS) is 11.4. The molecule has 0 radical (unpaired) electrons. The van der Waals surface area contributed by atoms with Gasteiger partial charge in [0.05, 0.1) is 28.6 Å². The fourth-order valence-corrected chi connectivity index (χ4v) is 7.45. The van der Waals surface area contributed by atoms with E-state index in [1.807, 2.05) is 42.5 Å². The summed E-state index contributed by atoms with van der Waals surface area (Å²) >= 11 is 0. The number of fused-ring (bicyclic) bond motifs is 7. The molecule has 10 aromatic rings. The maximum atomic E-state index is 7.40. The maximum absolute atomic E-state index is 7.40. The minimum absolute atomic E-state index is 0.554. The van der Waals surface area contributed by atoms with Gasteiger partial charge in [-0.2, -0.15) is 0 Å². The summed E-state index contributed by atoms with van der Waals surface area (Å²) in [5, 5.41) is 4.79. The van der Waals surface area contributed by atoms with Gasteiger partial charge in [-0.3, -0.25) is 0 Å². The van der Waals surface area contributed by atoms with Gasteiger partial charge in [0.1, 0.15) is 0 Å². The zero-order valence-electron chi connectivity index (χ0n) is 27.8. The van der Waals surface area contributed by atoms with E-state index in [1.54, 1.807) is 12.1 Å². The van der Waals surface area contributed by atoms with E-state index in [1.165, 1.54) is 21.5 Å². The number of para-hydroxylation sites is 3. The van der Waals surface area contributed by atoms with Crippen LogP contribution in [0.25, 0.3) is 94.0 Å². The summed E-state index contributed by atoms with van der Waals surface area (Å²) in [7, 11) is 0. The molecular weight excluding hydrogens is 637 g/mol. The van der Waals surface area contributed by atoms with E-state index < -0.39 is 0 Å². The molecule has 10 rings (SSSR count). The Morgan fingerprint density at radius 2 is 0.962 bits per heavy atom. The zero-order valence-corrected chi connectivity index (χ0v) is 27.8. The number of hydrogen-bond acceptors (Lipinski definition) is 3. The van der Waals surface area contributed by atoms with Crippen molar-refractivity contribution in [3.8, 4) is 45.5 Å². The lowest BCUT2D eigenvalue weighted by Gasteiger charge is -2.12. The van der Waals surface area contributed by atoms with Crippen LogP contribution in [0.2, 0.25) is 0 Å². The smallest absolute Gasteiger partial charge is 0.187 e. The summed E-state index contributed by atoms with van der Waals surface area (Å²) in [6.45, 7) is 7.40. The van der Waals surface area contributed by atoms with Crippen molar-refractivity contribution in [3.05, 3.63) is 181 Å². The van der Waals surface area contributed by atoms with Gasteiger partial charge in [-0.25, -0.2) is 19.8 Å². The second-order valence-electron chi connectivity index (χ2n) is 12.8. The largest absolute Gasteiger partial charge is 0.309 e. The Kier molecular flexibility index (Phi) is 6.76. The highest BCUT2D eigenvalue weighted by atomic mass is 15.0. The topological polar surface area (TPSA) is 52.9 Å². The van der Waals surface area contributed by atoms with E-state index in [2.05, 4.69) is 129 Å². The Morgan fingerprint density at radius 3 is 1.67 bits per heavy atom. The Hall–Kier alpha value is -7.36. The van der Waals surface area contributed by atoms with Crippen LogP contribution < -0.4 is 0 Å². The molecule has 52 heavy (non-hydrogen) atoms. The first-order valence-corrected chi connectivity index (χ1v) is 17.2. The molecule has 0 fully saturated rings. The maximum Gasteiger partial charge on any atom is 0.187 e. The van der Waals surface area contributed by atoms with Gasteiger partial charge in [-0.1, -0.05) is 127 Å². The number of hydrogen-bond donors (Lipinski definition) is 0. The van der Waals surface area contributed by atoms with Crippen LogP contribution in [0.4, 0.5) is 5.69 Å². The molecule has 0 aliphatic rings. The molecule has 3 aromatic heterocycles. The lowest BCUT2D eigenvalue weighted by Crippen LogP contribution is -2.01. The summed E-state index contributed by atoms with van der Waals surface area (Å²) in [5.74, 6) is 1.72. The van der Waals surface area contributed by atoms with Crippen LogP contribution >= 0.6 is 0 Å². The summed E-state index contributed by atoms with van der Waals surface area (Å²) in [6, 6.07) is 58.3. The highest BCUT2D eigenvalue weighted by Crippen LogP contribution is 2.42. The summed E-state index contributed by atoms with van der Waals surface area (Å²) < 4.78 is 4.76. The average molecular weight is 665 g/mol. The van der Waals surface area contributed by atoms with E-state index in [-0.39, 0.29) is 0 Å². The van der Waals surface area contributed by atoms with Gasteiger partial charge in [-0.15, -0.1) is 0 Å². The van der Waals surface area contributed by atoms with Gasteiger partial charge in [0.25, 0.3) is 0 Å². The third kappa shape index (κ3) is 4.68. The fraction of sp³-hybridized carbons (Fsp3) is 0. The molecule has 0 aliphatic heterocycles. The standard InChI is InChI=1S/C46H28N6/c1-47-33-25-23-31(24-26-33)45-48-44(30-13-4-2-5-14-30)49-46(50-45)32-15-12-18-35(29-32)52-39-21-10-8-19-36(39)37-27-28-41-42(43(37)52)38-20-9-11-22-40(38)51(41)34-16-6-3-7-17-34/h2-29H. The van der Waals surface area contributed by atoms with Crippen molar-refractivity contribution in [3.63, 3.8) is 0 Å². The number of rotatable bonds is 5. The van der Waals surface area contributed by atoms with Gasteiger partial charge < -0.3 is 9.13 Å². The molecule has 0 amide bonds. The molecule has 0 unspecified atom stereocenters. The lowest BCUT2D eigenvalue weighted by atomic mass is 10.1. The molecule has 7 aromatic carbocycles. The first-order chi connectivity index (χ1) is 25.7. The molecule has 0 saturated carbocycles. The molecule has 0 saturated heterocycles. The van der Waals surface area contributed by atoms with Crippen LogP contribution in [0.15, 0.2) is 170 Å². The highest BCUT2D eigenvalue weighted by Gasteiger charge is 2.21. The molecule has 6 nitrogen and oxygen atoms in total. The van der Waals surface area contributed by atoms with Crippen molar-refractivity contribution in [2.24, 2.45) is 0 Å². The number of nitrogens with zero attached hydrogens (tertiary/aromatic N) is 6. The predicted molar refractivity (Wildman–Crippen MR) is 211 cm³/mol. The zero-order chi connectivity index (χ0) is 34.6. The van der Waals surface area contributed by atoms with E-state index in [9.17, 15) is 0 Å². The summed E-state index contributed by atoms with van der Waals surface area (Å²) in [6.07, 6.45) is 0. The molecule has 0 N–H and O–H groups in total. The van der Waals surface area contributed by atoms with Crippen LogP contribution in [-0.4, -0.2) is 24.1 Å². The SMILES string of the molecule is [C-]#[N+]c1ccc(-c2nc(-c3ccccc3)nc(-c3cccc(-n4c5ccccc5c5ccc6c(c7ccccc7n6-c6ccccc6)c54)c3)n2)cc1. The van der Waals surface area contributed by atoms with Gasteiger partial charge in [0, 0.05) is 49.6 Å². The number of benzene rings is 7. The fourth-order valence-electron chi connectivity index (χ4n) is 7.45. The van der Waals surface area contributed by atoms with Crippen molar-refractivity contribution in [2.45, 2.75) is 0 Å². The van der Waals surface area contributed by atoms with E-state index in [0.29, 0.717) is 23.2 Å². The summed E-state index contributed by atoms with van der Waals surface area (Å²) in [5.41, 5.74) is 9.91. The Labute approximate surface area is 299 Å². The second-order valence-corrected chi connectivity index (χ2v) is 12.8. The minimum atomic E-state index is 0.554. The number of aromatic nitrogens is 5. The lowest BCUT2D eigenvalue weighted by molar-refractivity contribution is 1.07. The average Bonchev–Trinajstić information content (AvgIpc) is 3.74. The quantitative estimate of drug-likeness (QED) is 0.172. The molecule has 0 atom stereocenters. The van der Waals surface area contributed by atoms with Crippen LogP contribution in [-0.2, 0) is 0 Å². The third-order valence-corrected chi connectivity index (χ3v) is 9.77. The van der Waals surface area contributed by atoms with Crippen LogP contribution in [0, 0.1) is 6.57 Å². The van der Waals surface area contributed by atoms with Crippen molar-refractivity contribution < 1.29 is 0 Å². The molecular formula is C46H28N6. The van der Waals surface area contributed by atoms with E-state index >= 15 is 0 Å². The van der Waals surface area contributed by atoms with Crippen LogP contribution in [0.5, 0.6) is 0 Å². The highest BCUT2D eigenvalue weighted by molar-refractivity contribution is 6.26. The molecule has 6 heteroatoms. The van der Waals surface area contributed by atoms with E-state index in [0.717, 1.165) is 50.1 Å². The van der Waals surface area contributed by atoms with Gasteiger partial charge in [-0.05, 0) is 42.5 Å². The van der Waals surface area contributed by atoms with E-state index in [4.69, 9.17) is 21.5 Å². The third-order valence-electron chi connectivity index (χ3n) is 9.77. The van der Waals surface area contributed by atoms with Gasteiger partial charge in [0.15, 0.2) is 23.2 Å². The van der Waals surface area contributed by atoms with Gasteiger partial charge in [0.2, 0.25) is 0 Å². The van der Waals surface area contributed by atoms with Crippen molar-refractivity contribution in [1.82, 2.24) is 24.1 Å². The van der Waals surface area contributed by atoms with Crippen molar-refractivity contribution in [1.29, 1.82) is 0 Å². The predicted octanol–water partition coefficient (Wildman–Crippen LogP) is 11.6. The minimum Gasteiger partial charge on any atom is -0.309 e. The van der Waals surface area contributed by atoms with Crippen molar-refractivity contribution in [2.75, 3.05) is 0 Å². The van der Waals surface area contributed by atoms with Gasteiger partial charge >= 0.3 is 0 Å². The van der Waals surface area contributed by atoms with Crippen molar-refractivity contribution >= 4 is 49.3 Å². The first kappa shape index (κ1) is 29.5. The summed E-state index contributed by atoms with van der Waals surface area (Å²) in [4.78, 5) is 18.5. The second kappa shape index (κ2) is 11.9. The first-order valence-electron chi connectivity index (χ1n) is 17.2. The molecule has 0 bridgehead atoms. The Balaban J connectivity index is 1.24. The Bertz CT molecular complexity index is 3010. The molecule has 0 aliphatic carbocycles.